The van der Waals surface area contributed by atoms with Crippen LogP contribution in [0.15, 0.2) is 0 Å². The van der Waals surface area contributed by atoms with Gasteiger partial charge in [-0.1, -0.05) is 11.6 Å². The second-order valence-electron chi connectivity index (χ2n) is 6.37. The van der Waals surface area contributed by atoms with Gasteiger partial charge in [0.2, 0.25) is 11.7 Å². The van der Waals surface area contributed by atoms with Gasteiger partial charge < -0.3 is 5.32 Å². The highest BCUT2D eigenvalue weighted by molar-refractivity contribution is 6.32. The number of alkyl halides is 3. The maximum atomic E-state index is 13.7. The zero-order chi connectivity index (χ0) is 21.8. The van der Waals surface area contributed by atoms with E-state index in [4.69, 9.17) is 11.6 Å². The standard InChI is InChI=1S/C16H10ClF8N3O/c1-4(15(29)26-12-10(21)8(19)7(18)9(20)11(12)22)28-13(5-2-3-5)6(17)14(27-28)16(23,24)25/h4-5H,2-3H2,1H3,(H,26,29). The topological polar surface area (TPSA) is 46.9 Å². The minimum atomic E-state index is -4.93. The maximum Gasteiger partial charge on any atom is 0.436 e. The van der Waals surface area contributed by atoms with E-state index in [0.717, 1.165) is 6.92 Å². The SMILES string of the molecule is CC(C(=O)Nc1c(F)c(F)c(F)c(F)c1F)n1nc(C(F)(F)F)c(Cl)c1C1CC1. The fourth-order valence-corrected chi connectivity index (χ4v) is 3.07. The van der Waals surface area contributed by atoms with E-state index >= 15 is 0 Å². The van der Waals surface area contributed by atoms with Crippen molar-refractivity contribution >= 4 is 23.2 Å². The number of halogens is 9. The predicted octanol–water partition coefficient (Wildman–Crippen LogP) is 5.33. The van der Waals surface area contributed by atoms with Crippen LogP contribution in [0.5, 0.6) is 0 Å². The maximum absolute atomic E-state index is 13.7. The van der Waals surface area contributed by atoms with Gasteiger partial charge >= 0.3 is 6.18 Å². The quantitative estimate of drug-likeness (QED) is 0.391. The molecule has 0 spiro atoms. The van der Waals surface area contributed by atoms with E-state index in [0.29, 0.717) is 17.5 Å². The molecule has 0 saturated heterocycles. The van der Waals surface area contributed by atoms with Crippen molar-refractivity contribution < 1.29 is 39.9 Å². The second-order valence-corrected chi connectivity index (χ2v) is 6.75. The molecule has 4 nitrogen and oxygen atoms in total. The highest BCUT2D eigenvalue weighted by Crippen LogP contribution is 2.47. The van der Waals surface area contributed by atoms with Gasteiger partial charge in [0, 0.05) is 5.92 Å². The van der Waals surface area contributed by atoms with Gasteiger partial charge in [0.05, 0.1) is 10.7 Å². The van der Waals surface area contributed by atoms with E-state index < -0.39 is 69.5 Å². The third kappa shape index (κ3) is 3.65. The molecule has 2 aromatic rings. The lowest BCUT2D eigenvalue weighted by Crippen LogP contribution is -2.27. The summed E-state index contributed by atoms with van der Waals surface area (Å²) in [6.07, 6.45) is -3.97. The fraction of sp³-hybridized carbons (Fsp3) is 0.375. The van der Waals surface area contributed by atoms with Crippen LogP contribution in [0.25, 0.3) is 0 Å². The lowest BCUT2D eigenvalue weighted by molar-refractivity contribution is -0.141. The number of nitrogens with one attached hydrogen (secondary N) is 1. The summed E-state index contributed by atoms with van der Waals surface area (Å²) in [4.78, 5) is 12.3. The Morgan fingerprint density at radius 3 is 2.00 bits per heavy atom. The van der Waals surface area contributed by atoms with Gasteiger partial charge in [-0.05, 0) is 19.8 Å². The molecule has 1 aliphatic rings. The van der Waals surface area contributed by atoms with Gasteiger partial charge in [-0.3, -0.25) is 9.48 Å². The third-order valence-corrected chi connectivity index (χ3v) is 4.70. The molecule has 1 aromatic carbocycles. The van der Waals surface area contributed by atoms with Crippen molar-refractivity contribution in [3.63, 3.8) is 0 Å². The van der Waals surface area contributed by atoms with E-state index in [1.807, 2.05) is 0 Å². The first-order valence-electron chi connectivity index (χ1n) is 8.03. The van der Waals surface area contributed by atoms with Crippen molar-refractivity contribution in [3.05, 3.63) is 45.5 Å². The van der Waals surface area contributed by atoms with Gasteiger partial charge in [-0.15, -0.1) is 0 Å². The molecule has 1 heterocycles. The number of hydrogen-bond donors (Lipinski definition) is 1. The summed E-state index contributed by atoms with van der Waals surface area (Å²) in [5.41, 5.74) is -3.17. The molecule has 1 atom stereocenters. The minimum Gasteiger partial charge on any atom is -0.319 e. The van der Waals surface area contributed by atoms with Crippen LogP contribution in [0.1, 0.15) is 43.1 Å². The molecule has 0 radical (unpaired) electrons. The number of benzene rings is 1. The van der Waals surface area contributed by atoms with Crippen molar-refractivity contribution in [3.8, 4) is 0 Å². The number of rotatable bonds is 4. The average Bonchev–Trinajstić information content (AvgIpc) is 3.42. The van der Waals surface area contributed by atoms with Crippen LogP contribution in [0, 0.1) is 29.1 Å². The summed E-state index contributed by atoms with van der Waals surface area (Å²) in [6, 6.07) is -1.60. The fourth-order valence-electron chi connectivity index (χ4n) is 2.68. The van der Waals surface area contributed by atoms with Crippen LogP contribution in [0.4, 0.5) is 40.8 Å². The molecule has 1 N–H and O–H groups in total. The smallest absolute Gasteiger partial charge is 0.319 e. The zero-order valence-corrected chi connectivity index (χ0v) is 15.0. The molecule has 158 valence electrons. The average molecular weight is 448 g/mol. The van der Waals surface area contributed by atoms with E-state index in [1.54, 1.807) is 0 Å². The first-order valence-corrected chi connectivity index (χ1v) is 8.41. The van der Waals surface area contributed by atoms with E-state index in [-0.39, 0.29) is 5.69 Å². The van der Waals surface area contributed by atoms with Crippen LogP contribution < -0.4 is 5.32 Å². The number of hydrogen-bond acceptors (Lipinski definition) is 2. The number of nitrogens with zero attached hydrogens (tertiary/aromatic N) is 2. The predicted molar refractivity (Wildman–Crippen MR) is 83.8 cm³/mol. The van der Waals surface area contributed by atoms with Gasteiger partial charge in [-0.25, -0.2) is 22.0 Å². The molecular weight excluding hydrogens is 438 g/mol. The Kier molecular flexibility index (Phi) is 5.26. The van der Waals surface area contributed by atoms with Gasteiger partial charge in [0.15, 0.2) is 29.0 Å². The van der Waals surface area contributed by atoms with E-state index in [9.17, 15) is 39.9 Å². The molecule has 0 aliphatic heterocycles. The molecule has 1 saturated carbocycles. The van der Waals surface area contributed by atoms with Gasteiger partial charge in [0.25, 0.3) is 0 Å². The summed E-state index contributed by atoms with van der Waals surface area (Å²) in [7, 11) is 0. The second kappa shape index (κ2) is 7.15. The summed E-state index contributed by atoms with van der Waals surface area (Å²) in [6.45, 7) is 1.04. The van der Waals surface area contributed by atoms with Crippen LogP contribution in [-0.4, -0.2) is 15.7 Å². The normalized spacial score (nSPS) is 15.5. The van der Waals surface area contributed by atoms with Crippen LogP contribution >= 0.6 is 11.6 Å². The highest BCUT2D eigenvalue weighted by atomic mass is 35.5. The van der Waals surface area contributed by atoms with Gasteiger partial charge in [0.1, 0.15) is 11.7 Å². The molecule has 1 unspecified atom stereocenters. The summed E-state index contributed by atoms with van der Waals surface area (Å²) in [5.74, 6) is -13.3. The summed E-state index contributed by atoms with van der Waals surface area (Å²) in [5, 5.41) is 4.11. The largest absolute Gasteiger partial charge is 0.436 e. The highest BCUT2D eigenvalue weighted by Gasteiger charge is 2.43. The van der Waals surface area contributed by atoms with E-state index in [1.165, 1.54) is 5.32 Å². The lowest BCUT2D eigenvalue weighted by atomic mass is 10.2. The number of carbonyl (C=O) groups excluding carboxylic acids is 1. The Morgan fingerprint density at radius 2 is 1.55 bits per heavy atom. The molecule has 1 fully saturated rings. The molecule has 1 aromatic heterocycles. The summed E-state index contributed by atoms with van der Waals surface area (Å²) < 4.78 is 107. The van der Waals surface area contributed by atoms with Crippen LogP contribution in [0.2, 0.25) is 5.02 Å². The first kappa shape index (κ1) is 21.3. The molecule has 29 heavy (non-hydrogen) atoms. The van der Waals surface area contributed by atoms with Crippen LogP contribution in [-0.2, 0) is 11.0 Å². The van der Waals surface area contributed by atoms with Crippen molar-refractivity contribution in [2.75, 3.05) is 5.32 Å². The number of aromatic nitrogens is 2. The van der Waals surface area contributed by atoms with Crippen molar-refractivity contribution in [2.45, 2.75) is 37.9 Å². The molecule has 0 bridgehead atoms. The minimum absolute atomic E-state index is 0.0981. The molecule has 3 rings (SSSR count). The Morgan fingerprint density at radius 1 is 1.07 bits per heavy atom. The van der Waals surface area contributed by atoms with E-state index in [2.05, 4.69) is 5.10 Å². The Balaban J connectivity index is 1.99. The van der Waals surface area contributed by atoms with Crippen molar-refractivity contribution in [2.24, 2.45) is 0 Å². The number of anilines is 1. The molecular formula is C16H10ClF8N3O. The van der Waals surface area contributed by atoms with Gasteiger partial charge in [-0.2, -0.15) is 18.3 Å². The zero-order valence-electron chi connectivity index (χ0n) is 14.3. The summed E-state index contributed by atoms with van der Waals surface area (Å²) >= 11 is 5.77. The Bertz CT molecular complexity index is 970. The lowest BCUT2D eigenvalue weighted by Gasteiger charge is -2.17. The van der Waals surface area contributed by atoms with Crippen molar-refractivity contribution in [1.82, 2.24) is 9.78 Å². The molecule has 1 amide bonds. The van der Waals surface area contributed by atoms with Crippen molar-refractivity contribution in [1.29, 1.82) is 0 Å². The molecule has 13 heteroatoms. The molecule has 1 aliphatic carbocycles. The Labute approximate surface area is 162 Å². The third-order valence-electron chi connectivity index (χ3n) is 4.32. The van der Waals surface area contributed by atoms with Crippen LogP contribution in [0.3, 0.4) is 0 Å². The monoisotopic (exact) mass is 447 g/mol. The first-order chi connectivity index (χ1) is 13.4. The Hall–Kier alpha value is -2.37. The number of carbonyl (C=O) groups is 1. The number of amides is 1.